The van der Waals surface area contributed by atoms with Gasteiger partial charge in [0, 0.05) is 19.6 Å². The minimum Gasteiger partial charge on any atom is -0.468 e. The van der Waals surface area contributed by atoms with Gasteiger partial charge in [-0.15, -0.1) is 0 Å². The number of hydrogen-bond acceptors (Lipinski definition) is 6. The van der Waals surface area contributed by atoms with Crippen LogP contribution in [-0.2, 0) is 30.4 Å². The van der Waals surface area contributed by atoms with Crippen LogP contribution in [0.25, 0.3) is 0 Å². The Hall–Kier alpha value is -2.41. The number of hydrogen-bond donors (Lipinski definition) is 0. The van der Waals surface area contributed by atoms with Gasteiger partial charge < -0.3 is 14.2 Å². The fourth-order valence-corrected chi connectivity index (χ4v) is 3.23. The molecule has 1 spiro atoms. The number of amides is 1. The zero-order valence-corrected chi connectivity index (χ0v) is 13.4. The molecule has 2 aliphatic heterocycles. The van der Waals surface area contributed by atoms with Gasteiger partial charge in [0.25, 0.3) is 0 Å². The minimum absolute atomic E-state index is 0.0392. The van der Waals surface area contributed by atoms with Gasteiger partial charge in [-0.1, -0.05) is 30.3 Å². The molecule has 1 aromatic carbocycles. The van der Waals surface area contributed by atoms with Crippen molar-refractivity contribution in [2.75, 3.05) is 26.9 Å². The van der Waals surface area contributed by atoms with E-state index in [1.54, 1.807) is 0 Å². The fraction of sp³-hybridized carbons (Fsp3) is 0.471. The maximum absolute atomic E-state index is 12.7. The van der Waals surface area contributed by atoms with Crippen molar-refractivity contribution in [3.8, 4) is 0 Å². The smallest absolute Gasteiger partial charge is 0.411 e. The molecule has 0 aromatic heterocycles. The van der Waals surface area contributed by atoms with Crippen molar-refractivity contribution < 1.29 is 28.6 Å². The molecule has 0 N–H and O–H groups in total. The Morgan fingerprint density at radius 3 is 2.71 bits per heavy atom. The van der Waals surface area contributed by atoms with Crippen molar-refractivity contribution in [3.05, 3.63) is 35.9 Å². The second-order valence-electron chi connectivity index (χ2n) is 5.92. The van der Waals surface area contributed by atoms with Crippen molar-refractivity contribution >= 4 is 17.8 Å². The predicted molar refractivity (Wildman–Crippen MR) is 82.0 cm³/mol. The zero-order valence-electron chi connectivity index (χ0n) is 13.4. The third kappa shape index (κ3) is 2.75. The van der Waals surface area contributed by atoms with Crippen LogP contribution in [0.15, 0.2) is 30.3 Å². The first kappa shape index (κ1) is 16.4. The first-order valence-corrected chi connectivity index (χ1v) is 7.77. The van der Waals surface area contributed by atoms with Gasteiger partial charge in [-0.05, 0) is 5.56 Å². The van der Waals surface area contributed by atoms with Gasteiger partial charge in [0.15, 0.2) is 5.78 Å². The Kier molecular flexibility index (Phi) is 4.53. The van der Waals surface area contributed by atoms with Gasteiger partial charge in [0.2, 0.25) is 0 Å². The van der Waals surface area contributed by atoms with Crippen molar-refractivity contribution in [1.82, 2.24) is 4.90 Å². The molecule has 3 rings (SSSR count). The third-order valence-corrected chi connectivity index (χ3v) is 4.57. The number of methoxy groups -OCH3 is 1. The van der Waals surface area contributed by atoms with E-state index in [2.05, 4.69) is 4.74 Å². The topological polar surface area (TPSA) is 82.1 Å². The molecule has 2 aliphatic rings. The minimum atomic E-state index is -1.12. The number of ether oxygens (including phenoxy) is 3. The summed E-state index contributed by atoms with van der Waals surface area (Å²) < 4.78 is 15.4. The Bertz CT molecular complexity index is 638. The number of Topliss-reactive ketones (excluding diaryl/α,β-unsaturated/α-hetero) is 1. The molecule has 0 radical (unpaired) electrons. The first-order chi connectivity index (χ1) is 11.6. The highest BCUT2D eigenvalue weighted by Gasteiger charge is 2.60. The number of benzene rings is 1. The Balaban J connectivity index is 1.76. The highest BCUT2D eigenvalue weighted by Crippen LogP contribution is 2.37. The van der Waals surface area contributed by atoms with Crippen LogP contribution >= 0.6 is 0 Å². The number of nitrogens with zero attached hydrogens (tertiary/aromatic N) is 1. The standard InChI is InChI=1S/C17H19NO6/c1-22-15(20)13-9-18(17(14(13)19)7-8-23-11-17)16(21)24-10-12-5-3-2-4-6-12/h2-6,13H,7-11H2,1H3. The lowest BCUT2D eigenvalue weighted by atomic mass is 9.90. The van der Waals surface area contributed by atoms with E-state index in [1.165, 1.54) is 12.0 Å². The molecule has 2 unspecified atom stereocenters. The summed E-state index contributed by atoms with van der Waals surface area (Å²) >= 11 is 0. The summed E-state index contributed by atoms with van der Waals surface area (Å²) in [4.78, 5) is 38.4. The van der Waals surface area contributed by atoms with Crippen LogP contribution in [0, 0.1) is 5.92 Å². The van der Waals surface area contributed by atoms with Gasteiger partial charge in [-0.2, -0.15) is 0 Å². The monoisotopic (exact) mass is 333 g/mol. The van der Waals surface area contributed by atoms with Crippen molar-refractivity contribution in [2.24, 2.45) is 5.92 Å². The van der Waals surface area contributed by atoms with E-state index >= 15 is 0 Å². The lowest BCUT2D eigenvalue weighted by molar-refractivity contribution is -0.148. The van der Waals surface area contributed by atoms with Gasteiger partial charge in [0.1, 0.15) is 18.1 Å². The average Bonchev–Trinajstić information content (AvgIpc) is 3.21. The van der Waals surface area contributed by atoms with E-state index < -0.39 is 23.5 Å². The number of rotatable bonds is 3. The Morgan fingerprint density at radius 2 is 2.08 bits per heavy atom. The van der Waals surface area contributed by atoms with Gasteiger partial charge in [-0.25, -0.2) is 4.79 Å². The summed E-state index contributed by atoms with van der Waals surface area (Å²) in [5.41, 5.74) is -0.273. The molecule has 1 aromatic rings. The number of likely N-dealkylation sites (tertiary alicyclic amines) is 1. The maximum Gasteiger partial charge on any atom is 0.411 e. The van der Waals surface area contributed by atoms with Crippen LogP contribution in [0.5, 0.6) is 0 Å². The lowest BCUT2D eigenvalue weighted by Crippen LogP contribution is -2.52. The molecule has 7 nitrogen and oxygen atoms in total. The molecule has 128 valence electrons. The summed E-state index contributed by atoms with van der Waals surface area (Å²) in [5.74, 6) is -1.95. The molecule has 2 fully saturated rings. The highest BCUT2D eigenvalue weighted by molar-refractivity contribution is 6.08. The molecule has 0 saturated carbocycles. The van der Waals surface area contributed by atoms with E-state index in [1.807, 2.05) is 30.3 Å². The van der Waals surface area contributed by atoms with E-state index in [0.717, 1.165) is 5.56 Å². The van der Waals surface area contributed by atoms with Gasteiger partial charge >= 0.3 is 12.1 Å². The quantitative estimate of drug-likeness (QED) is 0.610. The molecule has 2 saturated heterocycles. The average molecular weight is 333 g/mol. The van der Waals surface area contributed by atoms with Crippen LogP contribution in [0.4, 0.5) is 4.79 Å². The highest BCUT2D eigenvalue weighted by atomic mass is 16.6. The van der Waals surface area contributed by atoms with Crippen LogP contribution < -0.4 is 0 Å². The van der Waals surface area contributed by atoms with Crippen molar-refractivity contribution in [1.29, 1.82) is 0 Å². The third-order valence-electron chi connectivity index (χ3n) is 4.57. The SMILES string of the molecule is COC(=O)C1CN(C(=O)OCc2ccccc2)C2(CCOC2)C1=O. The molecule has 1 amide bonds. The zero-order chi connectivity index (χ0) is 17.2. The van der Waals surface area contributed by atoms with Crippen molar-refractivity contribution in [3.63, 3.8) is 0 Å². The molecule has 7 heteroatoms. The van der Waals surface area contributed by atoms with Crippen molar-refractivity contribution in [2.45, 2.75) is 18.6 Å². The summed E-state index contributed by atoms with van der Waals surface area (Å²) in [6.45, 7) is 0.508. The summed E-state index contributed by atoms with van der Waals surface area (Å²) in [6.07, 6.45) is -0.260. The summed E-state index contributed by atoms with van der Waals surface area (Å²) in [5, 5.41) is 0. The summed E-state index contributed by atoms with van der Waals surface area (Å²) in [7, 11) is 1.23. The fourth-order valence-electron chi connectivity index (χ4n) is 3.23. The Labute approximate surface area is 139 Å². The number of carbonyl (C=O) groups excluding carboxylic acids is 3. The second-order valence-corrected chi connectivity index (χ2v) is 5.92. The number of carbonyl (C=O) groups is 3. The largest absolute Gasteiger partial charge is 0.468 e. The molecular formula is C17H19NO6. The molecular weight excluding hydrogens is 314 g/mol. The molecule has 0 aliphatic carbocycles. The first-order valence-electron chi connectivity index (χ1n) is 7.77. The van der Waals surface area contributed by atoms with E-state index in [9.17, 15) is 14.4 Å². The van der Waals surface area contributed by atoms with E-state index in [-0.39, 0.29) is 25.5 Å². The summed E-state index contributed by atoms with van der Waals surface area (Å²) in [6, 6.07) is 9.25. The van der Waals surface area contributed by atoms with E-state index in [0.29, 0.717) is 13.0 Å². The predicted octanol–water partition coefficient (Wildman–Crippen LogP) is 1.16. The van der Waals surface area contributed by atoms with E-state index in [4.69, 9.17) is 9.47 Å². The molecule has 0 bridgehead atoms. The van der Waals surface area contributed by atoms with Gasteiger partial charge in [-0.3, -0.25) is 14.5 Å². The normalized spacial score (nSPS) is 26.0. The second kappa shape index (κ2) is 6.60. The van der Waals surface area contributed by atoms with Crippen LogP contribution in [-0.4, -0.2) is 55.2 Å². The lowest BCUT2D eigenvalue weighted by Gasteiger charge is -2.30. The van der Waals surface area contributed by atoms with Gasteiger partial charge in [0.05, 0.1) is 13.7 Å². The molecule has 24 heavy (non-hydrogen) atoms. The molecule has 2 heterocycles. The number of ketones is 1. The van der Waals surface area contributed by atoms with Crippen LogP contribution in [0.3, 0.4) is 0 Å². The van der Waals surface area contributed by atoms with Crippen LogP contribution in [0.1, 0.15) is 12.0 Å². The number of esters is 1. The van der Waals surface area contributed by atoms with Crippen LogP contribution in [0.2, 0.25) is 0 Å². The maximum atomic E-state index is 12.7. The Morgan fingerprint density at radius 1 is 1.33 bits per heavy atom. The molecule has 2 atom stereocenters.